The van der Waals surface area contributed by atoms with Gasteiger partial charge in [0.15, 0.2) is 0 Å². The first kappa shape index (κ1) is 17.1. The van der Waals surface area contributed by atoms with Gasteiger partial charge < -0.3 is 19.0 Å². The highest BCUT2D eigenvalue weighted by Crippen LogP contribution is 2.30. The van der Waals surface area contributed by atoms with Crippen molar-refractivity contribution in [1.82, 2.24) is 14.5 Å². The molecule has 0 atom stereocenters. The summed E-state index contributed by atoms with van der Waals surface area (Å²) in [6, 6.07) is 10.6. The van der Waals surface area contributed by atoms with Crippen LogP contribution >= 0.6 is 0 Å². The van der Waals surface area contributed by atoms with Gasteiger partial charge in [-0.25, -0.2) is 9.37 Å². The van der Waals surface area contributed by atoms with Crippen molar-refractivity contribution in [2.75, 3.05) is 14.2 Å². The van der Waals surface area contributed by atoms with Crippen LogP contribution in [0.3, 0.4) is 0 Å². The summed E-state index contributed by atoms with van der Waals surface area (Å²) in [6.07, 6.45) is 6.30. The lowest BCUT2D eigenvalue weighted by atomic mass is 10.1. The first-order valence-electron chi connectivity index (χ1n) is 8.67. The molecule has 1 N–H and O–H groups in total. The number of halogens is 1. The summed E-state index contributed by atoms with van der Waals surface area (Å²) in [4.78, 5) is 7.44. The van der Waals surface area contributed by atoms with E-state index < -0.39 is 0 Å². The van der Waals surface area contributed by atoms with E-state index in [1.807, 2.05) is 36.9 Å². The first-order valence-corrected chi connectivity index (χ1v) is 8.67. The van der Waals surface area contributed by atoms with Crippen LogP contribution in [0.15, 0.2) is 55.1 Å². The van der Waals surface area contributed by atoms with Crippen LogP contribution < -0.4 is 9.47 Å². The fourth-order valence-electron chi connectivity index (χ4n) is 3.35. The van der Waals surface area contributed by atoms with Crippen molar-refractivity contribution in [2.24, 2.45) is 0 Å². The predicted molar refractivity (Wildman–Crippen MR) is 103 cm³/mol. The van der Waals surface area contributed by atoms with Gasteiger partial charge in [-0.05, 0) is 48.4 Å². The number of aromatic amines is 1. The molecule has 4 aromatic rings. The number of nitrogens with one attached hydrogen (secondary N) is 1. The Morgan fingerprint density at radius 3 is 2.81 bits per heavy atom. The molecule has 2 aromatic carbocycles. The van der Waals surface area contributed by atoms with E-state index in [9.17, 15) is 4.39 Å². The predicted octanol–water partition coefficient (Wildman–Crippen LogP) is 4.43. The molecule has 6 heteroatoms. The van der Waals surface area contributed by atoms with Gasteiger partial charge in [-0.15, -0.1) is 0 Å². The largest absolute Gasteiger partial charge is 0.497 e. The molecule has 0 spiro atoms. The number of imidazole rings is 1. The number of benzene rings is 2. The molecule has 0 aliphatic heterocycles. The van der Waals surface area contributed by atoms with Crippen LogP contribution in [0.2, 0.25) is 0 Å². The van der Waals surface area contributed by atoms with Crippen molar-refractivity contribution < 1.29 is 13.9 Å². The molecule has 0 aliphatic carbocycles. The van der Waals surface area contributed by atoms with Gasteiger partial charge in [0.25, 0.3) is 0 Å². The average Bonchev–Trinajstić information content (AvgIpc) is 3.31. The van der Waals surface area contributed by atoms with E-state index in [0.717, 1.165) is 52.2 Å². The van der Waals surface area contributed by atoms with Gasteiger partial charge in [0.05, 0.1) is 32.4 Å². The van der Waals surface area contributed by atoms with Crippen LogP contribution in [0.1, 0.15) is 5.56 Å². The number of aromatic nitrogens is 3. The van der Waals surface area contributed by atoms with Gasteiger partial charge in [0.1, 0.15) is 17.3 Å². The Bertz CT molecular complexity index is 1080. The highest BCUT2D eigenvalue weighted by atomic mass is 19.1. The molecule has 0 unspecified atom stereocenters. The van der Waals surface area contributed by atoms with E-state index in [1.165, 1.54) is 12.1 Å². The normalized spacial score (nSPS) is 11.1. The van der Waals surface area contributed by atoms with Gasteiger partial charge in [-0.2, -0.15) is 0 Å². The summed E-state index contributed by atoms with van der Waals surface area (Å²) in [7, 11) is 3.32. The summed E-state index contributed by atoms with van der Waals surface area (Å²) >= 11 is 0. The van der Waals surface area contributed by atoms with Crippen LogP contribution in [0, 0.1) is 5.82 Å². The zero-order valence-corrected chi connectivity index (χ0v) is 15.2. The fraction of sp³-hybridized carbons (Fsp3) is 0.190. The van der Waals surface area contributed by atoms with E-state index in [-0.39, 0.29) is 5.82 Å². The lowest BCUT2D eigenvalue weighted by Crippen LogP contribution is -2.03. The molecule has 2 aromatic heterocycles. The molecular formula is C21H20FN3O2. The number of hydrogen-bond donors (Lipinski definition) is 1. The maximum Gasteiger partial charge on any atom is 0.125 e. The third-order valence-corrected chi connectivity index (χ3v) is 4.74. The van der Waals surface area contributed by atoms with Crippen molar-refractivity contribution in [2.45, 2.75) is 13.0 Å². The van der Waals surface area contributed by atoms with Gasteiger partial charge >= 0.3 is 0 Å². The Hall–Kier alpha value is -3.28. The van der Waals surface area contributed by atoms with Crippen molar-refractivity contribution in [3.05, 3.63) is 66.5 Å². The second-order valence-corrected chi connectivity index (χ2v) is 6.29. The molecule has 2 heterocycles. The number of nitrogens with zero attached hydrogens (tertiary/aromatic N) is 2. The Morgan fingerprint density at radius 1 is 1.11 bits per heavy atom. The van der Waals surface area contributed by atoms with Crippen molar-refractivity contribution in [1.29, 1.82) is 0 Å². The van der Waals surface area contributed by atoms with Gasteiger partial charge in [-0.1, -0.05) is 0 Å². The second-order valence-electron chi connectivity index (χ2n) is 6.29. The molecular weight excluding hydrogens is 345 g/mol. The van der Waals surface area contributed by atoms with Gasteiger partial charge in [-0.3, -0.25) is 0 Å². The van der Waals surface area contributed by atoms with Crippen LogP contribution in [-0.2, 0) is 13.0 Å². The minimum Gasteiger partial charge on any atom is -0.497 e. The number of rotatable bonds is 6. The summed E-state index contributed by atoms with van der Waals surface area (Å²) in [5, 5.41) is 0.970. The van der Waals surface area contributed by atoms with Crippen molar-refractivity contribution >= 4 is 10.9 Å². The highest BCUT2D eigenvalue weighted by Gasteiger charge is 2.12. The molecule has 0 saturated carbocycles. The zero-order valence-electron chi connectivity index (χ0n) is 15.2. The summed E-state index contributed by atoms with van der Waals surface area (Å²) in [6.45, 7) is 0.729. The molecule has 4 rings (SSSR count). The third-order valence-electron chi connectivity index (χ3n) is 4.74. The molecule has 138 valence electrons. The van der Waals surface area contributed by atoms with Gasteiger partial charge in [0, 0.05) is 29.2 Å². The number of hydrogen-bond acceptors (Lipinski definition) is 3. The lowest BCUT2D eigenvalue weighted by molar-refractivity contribution is 0.397. The molecule has 27 heavy (non-hydrogen) atoms. The van der Waals surface area contributed by atoms with Crippen molar-refractivity contribution in [3.63, 3.8) is 0 Å². The van der Waals surface area contributed by atoms with E-state index in [0.29, 0.717) is 0 Å². The zero-order chi connectivity index (χ0) is 18.8. The molecule has 0 fully saturated rings. The Labute approximate surface area is 156 Å². The van der Waals surface area contributed by atoms with Crippen LogP contribution in [0.4, 0.5) is 4.39 Å². The van der Waals surface area contributed by atoms with E-state index in [2.05, 4.69) is 14.5 Å². The molecule has 0 aliphatic rings. The quantitative estimate of drug-likeness (QED) is 0.550. The molecule has 0 radical (unpaired) electrons. The Kier molecular flexibility index (Phi) is 4.54. The SMILES string of the molecule is COc1ccc(OC)c(CCn2cncc2-c2c[nH]c3cc(F)ccc23)c1. The number of H-pyrrole nitrogens is 1. The summed E-state index contributed by atoms with van der Waals surface area (Å²) in [5.74, 6) is 1.38. The lowest BCUT2D eigenvalue weighted by Gasteiger charge is -2.12. The maximum absolute atomic E-state index is 13.4. The monoisotopic (exact) mass is 365 g/mol. The second kappa shape index (κ2) is 7.15. The van der Waals surface area contributed by atoms with Crippen LogP contribution in [0.5, 0.6) is 11.5 Å². The Morgan fingerprint density at radius 2 is 2.00 bits per heavy atom. The minimum absolute atomic E-state index is 0.255. The number of aryl methyl sites for hydroxylation is 2. The highest BCUT2D eigenvalue weighted by molar-refractivity contribution is 5.94. The molecule has 0 saturated heterocycles. The number of fused-ring (bicyclic) bond motifs is 1. The van der Waals surface area contributed by atoms with E-state index in [4.69, 9.17) is 9.47 Å². The maximum atomic E-state index is 13.4. The third kappa shape index (κ3) is 3.26. The van der Waals surface area contributed by atoms with E-state index >= 15 is 0 Å². The standard InChI is InChI=1S/C21H20FN3O2/c1-26-16-4-6-21(27-2)14(9-16)7-8-25-13-23-12-20(25)18-11-24-19-10-15(22)3-5-17(18)19/h3-6,9-13,24H,7-8H2,1-2H3. The first-order chi connectivity index (χ1) is 13.2. The summed E-state index contributed by atoms with van der Waals surface area (Å²) < 4.78 is 26.3. The minimum atomic E-state index is -0.255. The average molecular weight is 365 g/mol. The molecule has 0 amide bonds. The summed E-state index contributed by atoms with van der Waals surface area (Å²) in [5.41, 5.74) is 3.82. The van der Waals surface area contributed by atoms with Crippen molar-refractivity contribution in [3.8, 4) is 22.8 Å². The van der Waals surface area contributed by atoms with Gasteiger partial charge in [0.2, 0.25) is 0 Å². The van der Waals surface area contributed by atoms with Crippen LogP contribution in [0.25, 0.3) is 22.2 Å². The Balaban J connectivity index is 1.63. The number of ether oxygens (including phenoxy) is 2. The smallest absolute Gasteiger partial charge is 0.125 e. The molecule has 5 nitrogen and oxygen atoms in total. The van der Waals surface area contributed by atoms with Crippen LogP contribution in [-0.4, -0.2) is 28.8 Å². The fourth-order valence-corrected chi connectivity index (χ4v) is 3.35. The topological polar surface area (TPSA) is 52.1 Å². The van der Waals surface area contributed by atoms with E-state index in [1.54, 1.807) is 20.3 Å². The number of methoxy groups -OCH3 is 2. The molecule has 0 bridgehead atoms.